The van der Waals surface area contributed by atoms with Crippen LogP contribution in [0.4, 0.5) is 0 Å². The number of hydrogen-bond acceptors (Lipinski definition) is 7. The Balaban J connectivity index is 1.51. The van der Waals surface area contributed by atoms with Crippen LogP contribution in [0.2, 0.25) is 0 Å². The second-order valence-electron chi connectivity index (χ2n) is 10.6. The van der Waals surface area contributed by atoms with Crippen LogP contribution in [-0.4, -0.2) is 56.5 Å². The summed E-state index contributed by atoms with van der Waals surface area (Å²) in [7, 11) is 1.65. The summed E-state index contributed by atoms with van der Waals surface area (Å²) < 4.78 is 13.5. The topological polar surface area (TPSA) is 98.2 Å². The van der Waals surface area contributed by atoms with Gasteiger partial charge in [0.05, 0.1) is 25.3 Å². The minimum atomic E-state index is -0.0700. The molecule has 5 rings (SSSR count). The zero-order chi connectivity index (χ0) is 25.1. The van der Waals surface area contributed by atoms with Gasteiger partial charge in [-0.25, -0.2) is 4.68 Å². The average molecular weight is 495 g/mol. The first kappa shape index (κ1) is 24.9. The number of rotatable bonds is 9. The molecule has 2 atom stereocenters. The van der Waals surface area contributed by atoms with E-state index in [1.165, 1.54) is 19.3 Å². The number of pyridine rings is 1. The number of hydrogen-bond donors (Lipinski definition) is 1. The first-order valence-electron chi connectivity index (χ1n) is 13.4. The van der Waals surface area contributed by atoms with E-state index in [0.29, 0.717) is 12.6 Å². The van der Waals surface area contributed by atoms with Crippen molar-refractivity contribution in [2.75, 3.05) is 20.3 Å². The first-order chi connectivity index (χ1) is 17.5. The van der Waals surface area contributed by atoms with Crippen molar-refractivity contribution in [1.82, 2.24) is 30.1 Å². The Morgan fingerprint density at radius 1 is 1.17 bits per heavy atom. The van der Waals surface area contributed by atoms with E-state index in [1.807, 2.05) is 24.3 Å². The Hall–Kier alpha value is -2.78. The Bertz CT molecular complexity index is 1210. The number of fused-ring (bicyclic) bond motifs is 1. The summed E-state index contributed by atoms with van der Waals surface area (Å²) in [5.41, 5.74) is 1.45. The number of nitrogens with one attached hydrogen (secondary N) is 1. The summed E-state index contributed by atoms with van der Waals surface area (Å²) in [4.78, 5) is 18.6. The van der Waals surface area contributed by atoms with Crippen LogP contribution in [0.5, 0.6) is 5.75 Å². The summed E-state index contributed by atoms with van der Waals surface area (Å²) >= 11 is 0. The molecule has 1 N–H and O–H groups in total. The molecule has 1 aliphatic carbocycles. The van der Waals surface area contributed by atoms with Crippen molar-refractivity contribution in [2.45, 2.75) is 83.5 Å². The molecule has 2 aromatic heterocycles. The fourth-order valence-electron chi connectivity index (χ4n) is 5.88. The Kier molecular flexibility index (Phi) is 7.67. The molecule has 1 saturated heterocycles. The molecule has 0 amide bonds. The van der Waals surface area contributed by atoms with Crippen molar-refractivity contribution in [1.29, 1.82) is 0 Å². The highest BCUT2D eigenvalue weighted by Gasteiger charge is 2.34. The first-order valence-corrected chi connectivity index (χ1v) is 13.4. The third-order valence-corrected chi connectivity index (χ3v) is 7.69. The summed E-state index contributed by atoms with van der Waals surface area (Å²) in [5, 5.41) is 14.1. The van der Waals surface area contributed by atoms with E-state index in [1.54, 1.807) is 7.11 Å². The summed E-state index contributed by atoms with van der Waals surface area (Å²) in [6.45, 7) is 6.44. The normalized spacial score (nSPS) is 20.0. The van der Waals surface area contributed by atoms with Crippen LogP contribution in [-0.2, 0) is 11.3 Å². The van der Waals surface area contributed by atoms with Gasteiger partial charge >= 0.3 is 0 Å². The molecule has 2 aliphatic rings. The van der Waals surface area contributed by atoms with Gasteiger partial charge in [0, 0.05) is 36.2 Å². The number of benzene rings is 1. The quantitative estimate of drug-likeness (QED) is 0.471. The van der Waals surface area contributed by atoms with E-state index in [2.05, 4.69) is 43.9 Å². The second-order valence-corrected chi connectivity index (χ2v) is 10.6. The Morgan fingerprint density at radius 2 is 2.00 bits per heavy atom. The van der Waals surface area contributed by atoms with Crippen LogP contribution >= 0.6 is 0 Å². The zero-order valence-corrected chi connectivity index (χ0v) is 21.7. The van der Waals surface area contributed by atoms with E-state index in [-0.39, 0.29) is 23.6 Å². The van der Waals surface area contributed by atoms with E-state index >= 15 is 0 Å². The number of aromatic nitrogens is 5. The van der Waals surface area contributed by atoms with Crippen LogP contribution in [0.3, 0.4) is 0 Å². The smallest absolute Gasteiger partial charge is 0.252 e. The second kappa shape index (κ2) is 11.1. The Morgan fingerprint density at radius 3 is 2.72 bits per heavy atom. The molecule has 9 heteroatoms. The highest BCUT2D eigenvalue weighted by molar-refractivity contribution is 5.80. The lowest BCUT2D eigenvalue weighted by atomic mass is 9.94. The predicted octanol–water partition coefficient (Wildman–Crippen LogP) is 4.41. The number of aromatic amines is 1. The number of ether oxygens (including phenoxy) is 2. The van der Waals surface area contributed by atoms with E-state index in [4.69, 9.17) is 9.47 Å². The lowest BCUT2D eigenvalue weighted by Gasteiger charge is -2.36. The number of tetrazole rings is 1. The molecular weight excluding hydrogens is 456 g/mol. The molecule has 194 valence electrons. The molecular formula is C27H38N6O3. The third kappa shape index (κ3) is 5.32. The third-order valence-electron chi connectivity index (χ3n) is 7.69. The van der Waals surface area contributed by atoms with Crippen molar-refractivity contribution in [2.24, 2.45) is 5.92 Å². The van der Waals surface area contributed by atoms with Crippen molar-refractivity contribution < 1.29 is 9.47 Å². The van der Waals surface area contributed by atoms with Crippen LogP contribution in [0.25, 0.3) is 10.9 Å². The molecule has 1 aromatic carbocycles. The fraction of sp³-hybridized carbons (Fsp3) is 0.630. The SMILES string of the molecule is COc1ccc2[nH]c(=O)c(CN(C[C@H]3CCCO3)[C@@H](c3nnnn3C3CCCCC3)C(C)C)cc2c1. The van der Waals surface area contributed by atoms with Crippen LogP contribution in [0, 0.1) is 5.92 Å². The number of H-pyrrole nitrogens is 1. The maximum Gasteiger partial charge on any atom is 0.252 e. The van der Waals surface area contributed by atoms with Crippen LogP contribution in [0.1, 0.15) is 82.3 Å². The van der Waals surface area contributed by atoms with Gasteiger partial charge in [0.25, 0.3) is 5.56 Å². The number of methoxy groups -OCH3 is 1. The molecule has 0 unspecified atom stereocenters. The Labute approximate surface area is 212 Å². The lowest BCUT2D eigenvalue weighted by molar-refractivity contribution is 0.0375. The monoisotopic (exact) mass is 494 g/mol. The molecule has 3 heterocycles. The molecule has 0 spiro atoms. The van der Waals surface area contributed by atoms with Crippen LogP contribution < -0.4 is 10.3 Å². The van der Waals surface area contributed by atoms with E-state index in [0.717, 1.165) is 66.9 Å². The molecule has 9 nitrogen and oxygen atoms in total. The molecule has 3 aromatic rings. The maximum atomic E-state index is 13.2. The van der Waals surface area contributed by atoms with E-state index < -0.39 is 0 Å². The lowest BCUT2D eigenvalue weighted by Crippen LogP contribution is -2.40. The molecule has 0 radical (unpaired) electrons. The van der Waals surface area contributed by atoms with Gasteiger partial charge in [-0.1, -0.05) is 33.1 Å². The highest BCUT2D eigenvalue weighted by atomic mass is 16.5. The van der Waals surface area contributed by atoms with Crippen molar-refractivity contribution in [3.05, 3.63) is 46.0 Å². The van der Waals surface area contributed by atoms with Gasteiger partial charge < -0.3 is 14.5 Å². The minimum absolute atomic E-state index is 0.0356. The average Bonchev–Trinajstić information content (AvgIpc) is 3.57. The summed E-state index contributed by atoms with van der Waals surface area (Å²) in [5.74, 6) is 1.91. The summed E-state index contributed by atoms with van der Waals surface area (Å²) in [6.07, 6.45) is 8.17. The zero-order valence-electron chi connectivity index (χ0n) is 21.7. The minimum Gasteiger partial charge on any atom is -0.497 e. The van der Waals surface area contributed by atoms with Gasteiger partial charge in [0.2, 0.25) is 0 Å². The fourth-order valence-corrected chi connectivity index (χ4v) is 5.88. The van der Waals surface area contributed by atoms with Crippen molar-refractivity contribution in [3.63, 3.8) is 0 Å². The molecule has 1 aliphatic heterocycles. The van der Waals surface area contributed by atoms with Gasteiger partial charge in [-0.2, -0.15) is 0 Å². The molecule has 0 bridgehead atoms. The van der Waals surface area contributed by atoms with Crippen molar-refractivity contribution in [3.8, 4) is 5.75 Å². The molecule has 1 saturated carbocycles. The highest BCUT2D eigenvalue weighted by Crippen LogP contribution is 2.34. The van der Waals surface area contributed by atoms with Gasteiger partial charge in [0.1, 0.15) is 5.75 Å². The standard InChI is InChI=1S/C27H38N6O3/c1-18(2)25(26-29-30-31-33(26)21-8-5-4-6-9-21)32(17-23-10-7-13-36-23)16-20-14-19-15-22(35-3)11-12-24(19)28-27(20)34/h11-12,14-15,18,21,23,25H,4-10,13,16-17H2,1-3H3,(H,28,34)/t23-,25-/m1/s1. The van der Waals surface area contributed by atoms with Gasteiger partial charge in [-0.15, -0.1) is 5.10 Å². The van der Waals surface area contributed by atoms with Gasteiger partial charge in [-0.05, 0) is 66.3 Å². The maximum absolute atomic E-state index is 13.2. The predicted molar refractivity (Wildman–Crippen MR) is 138 cm³/mol. The summed E-state index contributed by atoms with van der Waals surface area (Å²) in [6, 6.07) is 8.00. The largest absolute Gasteiger partial charge is 0.497 e. The van der Waals surface area contributed by atoms with Gasteiger partial charge in [0.15, 0.2) is 5.82 Å². The number of nitrogens with zero attached hydrogens (tertiary/aromatic N) is 5. The molecule has 2 fully saturated rings. The van der Waals surface area contributed by atoms with Crippen LogP contribution in [0.15, 0.2) is 29.1 Å². The van der Waals surface area contributed by atoms with Gasteiger partial charge in [-0.3, -0.25) is 9.69 Å². The van der Waals surface area contributed by atoms with E-state index in [9.17, 15) is 4.79 Å². The van der Waals surface area contributed by atoms with Crippen molar-refractivity contribution >= 4 is 10.9 Å². The molecule has 36 heavy (non-hydrogen) atoms.